The van der Waals surface area contributed by atoms with Crippen LogP contribution < -0.4 is 5.46 Å². The van der Waals surface area contributed by atoms with Crippen LogP contribution in [-0.2, 0) is 21.8 Å². The topological polar surface area (TPSA) is 18.5 Å². The van der Waals surface area contributed by atoms with Crippen LogP contribution in [0, 0.1) is 0 Å². The second-order valence-corrected chi connectivity index (χ2v) is 7.94. The van der Waals surface area contributed by atoms with Crippen LogP contribution >= 0.6 is 0 Å². The predicted octanol–water partition coefficient (Wildman–Crippen LogP) is 4.74. The van der Waals surface area contributed by atoms with E-state index in [4.69, 9.17) is 9.31 Å². The fraction of sp³-hybridized carbons (Fsp3) is 0.400. The third-order valence-corrected chi connectivity index (χ3v) is 5.51. The minimum atomic E-state index is -4.37. The van der Waals surface area contributed by atoms with Crippen LogP contribution in [0.5, 0.6) is 0 Å². The lowest BCUT2D eigenvalue weighted by Crippen LogP contribution is -2.54. The van der Waals surface area contributed by atoms with E-state index >= 15 is 0 Å². The van der Waals surface area contributed by atoms with Gasteiger partial charge in [-0.2, -0.15) is 18.6 Å². The van der Waals surface area contributed by atoms with E-state index in [-0.39, 0.29) is 0 Å². The average Bonchev–Trinajstić information content (AvgIpc) is 2.72. The lowest BCUT2D eigenvalue weighted by molar-refractivity contribution is -0.137. The standard InChI is InChI=1S/C20H23BF3O2/c1-18(2)19(3,4)26-21(25-18,14-15-8-6-5-7-9-15)17-12-10-16(11-13-17)20(22,23)24/h5-13H,14H2,1-4H3/q-1. The highest BCUT2D eigenvalue weighted by Gasteiger charge is 2.52. The average molecular weight is 363 g/mol. The lowest BCUT2D eigenvalue weighted by Gasteiger charge is -2.38. The quantitative estimate of drug-likeness (QED) is 0.734. The summed E-state index contributed by atoms with van der Waals surface area (Å²) in [5.41, 5.74) is -0.181. The molecule has 3 rings (SSSR count). The van der Waals surface area contributed by atoms with Crippen molar-refractivity contribution < 1.29 is 22.5 Å². The Balaban J connectivity index is 2.05. The maximum Gasteiger partial charge on any atom is 0.416 e. The molecular weight excluding hydrogens is 340 g/mol. The van der Waals surface area contributed by atoms with E-state index in [1.165, 1.54) is 12.1 Å². The Kier molecular flexibility index (Phi) is 4.48. The molecule has 0 amide bonds. The molecule has 2 aromatic carbocycles. The van der Waals surface area contributed by atoms with Gasteiger partial charge in [-0.15, -0.1) is 0 Å². The van der Waals surface area contributed by atoms with Gasteiger partial charge >= 0.3 is 6.18 Å². The Morgan fingerprint density at radius 3 is 1.77 bits per heavy atom. The summed E-state index contributed by atoms with van der Waals surface area (Å²) in [4.78, 5) is 0. The summed E-state index contributed by atoms with van der Waals surface area (Å²) in [6.45, 7) is 5.84. The lowest BCUT2D eigenvalue weighted by atomic mass is 9.47. The van der Waals surface area contributed by atoms with E-state index in [2.05, 4.69) is 0 Å². The van der Waals surface area contributed by atoms with Gasteiger partial charge in [0.15, 0.2) is 0 Å². The van der Waals surface area contributed by atoms with Gasteiger partial charge in [-0.05, 0) is 27.7 Å². The van der Waals surface area contributed by atoms with E-state index in [1.807, 2.05) is 58.0 Å². The van der Waals surface area contributed by atoms with Crippen LogP contribution in [0.15, 0.2) is 54.6 Å². The Labute approximate surface area is 152 Å². The molecule has 0 spiro atoms. The molecule has 1 heterocycles. The van der Waals surface area contributed by atoms with E-state index < -0.39 is 29.5 Å². The molecule has 0 atom stereocenters. The molecular formula is C20H23BF3O2-. The molecule has 1 aliphatic heterocycles. The van der Waals surface area contributed by atoms with Crippen molar-refractivity contribution >= 4 is 12.0 Å². The Hall–Kier alpha value is -1.79. The summed E-state index contributed by atoms with van der Waals surface area (Å²) < 4.78 is 51.6. The largest absolute Gasteiger partial charge is 0.558 e. The molecule has 26 heavy (non-hydrogen) atoms. The van der Waals surface area contributed by atoms with Crippen LogP contribution in [-0.4, -0.2) is 17.8 Å². The molecule has 0 bridgehead atoms. The third-order valence-electron chi connectivity index (χ3n) is 5.51. The molecule has 6 heteroatoms. The van der Waals surface area contributed by atoms with Gasteiger partial charge in [0.1, 0.15) is 0 Å². The van der Waals surface area contributed by atoms with E-state index in [0.29, 0.717) is 11.8 Å². The van der Waals surface area contributed by atoms with Crippen molar-refractivity contribution in [2.75, 3.05) is 0 Å². The highest BCUT2D eigenvalue weighted by molar-refractivity contribution is 6.81. The number of alkyl halides is 3. The van der Waals surface area contributed by atoms with Crippen LogP contribution in [0.4, 0.5) is 13.2 Å². The minimum Gasteiger partial charge on any atom is -0.558 e. The maximum atomic E-state index is 12.9. The molecule has 1 saturated heterocycles. The van der Waals surface area contributed by atoms with Crippen LogP contribution in [0.3, 0.4) is 0 Å². The molecule has 0 N–H and O–H groups in total. The number of benzene rings is 2. The first-order chi connectivity index (χ1) is 12.0. The fourth-order valence-corrected chi connectivity index (χ4v) is 3.49. The zero-order chi connectivity index (χ0) is 19.2. The summed E-state index contributed by atoms with van der Waals surface area (Å²) in [6.07, 6.45) is -3.90. The van der Waals surface area contributed by atoms with Crippen LogP contribution in [0.25, 0.3) is 0 Å². The molecule has 1 fully saturated rings. The molecule has 2 nitrogen and oxygen atoms in total. The summed E-state index contributed by atoms with van der Waals surface area (Å²) in [7, 11) is 0. The number of hydrogen-bond acceptors (Lipinski definition) is 2. The SMILES string of the molecule is CC1(C)O[B-](Cc2ccccc2)(c2ccc(C(F)(F)F)cc2)OC1(C)C. The third kappa shape index (κ3) is 3.40. The van der Waals surface area contributed by atoms with E-state index in [1.54, 1.807) is 0 Å². The summed E-state index contributed by atoms with van der Waals surface area (Å²) in [5.74, 6) is 0. The van der Waals surface area contributed by atoms with Gasteiger partial charge in [-0.3, -0.25) is 0 Å². The maximum absolute atomic E-state index is 12.9. The van der Waals surface area contributed by atoms with Crippen LogP contribution in [0.1, 0.15) is 38.8 Å². The van der Waals surface area contributed by atoms with E-state index in [9.17, 15) is 13.2 Å². The molecule has 0 radical (unpaired) electrons. The molecule has 0 aliphatic carbocycles. The Morgan fingerprint density at radius 2 is 1.31 bits per heavy atom. The van der Waals surface area contributed by atoms with Crippen molar-refractivity contribution in [2.45, 2.75) is 51.4 Å². The van der Waals surface area contributed by atoms with Gasteiger partial charge in [0.05, 0.1) is 5.56 Å². The Bertz CT molecular complexity index is 752. The highest BCUT2D eigenvalue weighted by Crippen LogP contribution is 2.42. The minimum absolute atomic E-state index is 0.471. The molecule has 0 saturated carbocycles. The smallest absolute Gasteiger partial charge is 0.416 e. The summed E-state index contributed by atoms with van der Waals surface area (Å²) in [6, 6.07) is 14.9. The van der Waals surface area contributed by atoms with Gasteiger partial charge in [-0.1, -0.05) is 66.5 Å². The van der Waals surface area contributed by atoms with Gasteiger partial charge in [-0.25, -0.2) is 0 Å². The van der Waals surface area contributed by atoms with Crippen molar-refractivity contribution in [3.63, 3.8) is 0 Å². The number of rotatable bonds is 3. The van der Waals surface area contributed by atoms with Gasteiger partial charge < -0.3 is 9.31 Å². The molecule has 0 aromatic heterocycles. The first-order valence-electron chi connectivity index (χ1n) is 8.73. The van der Waals surface area contributed by atoms with Gasteiger partial charge in [0.2, 0.25) is 0 Å². The number of hydrogen-bond donors (Lipinski definition) is 0. The summed E-state index contributed by atoms with van der Waals surface area (Å²) in [5, 5.41) is 0. The fourth-order valence-electron chi connectivity index (χ4n) is 3.49. The van der Waals surface area contributed by atoms with E-state index in [0.717, 1.165) is 17.7 Å². The van der Waals surface area contributed by atoms with Crippen molar-refractivity contribution in [1.82, 2.24) is 0 Å². The van der Waals surface area contributed by atoms with Crippen LogP contribution in [0.2, 0.25) is 0 Å². The van der Waals surface area contributed by atoms with Crippen molar-refractivity contribution in [1.29, 1.82) is 0 Å². The number of halogens is 3. The van der Waals surface area contributed by atoms with Crippen molar-refractivity contribution in [2.24, 2.45) is 0 Å². The normalized spacial score (nSPS) is 20.9. The highest BCUT2D eigenvalue weighted by atomic mass is 19.4. The zero-order valence-corrected chi connectivity index (χ0v) is 15.4. The molecule has 1 aliphatic rings. The molecule has 140 valence electrons. The first kappa shape index (κ1) is 19.0. The molecule has 2 aromatic rings. The second-order valence-electron chi connectivity index (χ2n) is 7.94. The monoisotopic (exact) mass is 363 g/mol. The van der Waals surface area contributed by atoms with Crippen molar-refractivity contribution in [3.05, 3.63) is 65.7 Å². The van der Waals surface area contributed by atoms with Crippen molar-refractivity contribution in [3.8, 4) is 0 Å². The Morgan fingerprint density at radius 1 is 0.808 bits per heavy atom. The zero-order valence-electron chi connectivity index (χ0n) is 15.4. The second kappa shape index (κ2) is 6.13. The first-order valence-corrected chi connectivity index (χ1v) is 8.73. The summed E-state index contributed by atoms with van der Waals surface area (Å²) >= 11 is 0. The van der Waals surface area contributed by atoms with Gasteiger partial charge in [0, 0.05) is 11.2 Å². The molecule has 0 unspecified atom stereocenters. The predicted molar refractivity (Wildman–Crippen MR) is 97.3 cm³/mol. The van der Waals surface area contributed by atoms with Gasteiger partial charge in [0.25, 0.3) is 6.55 Å².